The maximum absolute atomic E-state index is 12.4. The molecule has 3 aromatic heterocycles. The molecule has 164 valence electrons. The summed E-state index contributed by atoms with van der Waals surface area (Å²) in [6.07, 6.45) is 5.55. The van der Waals surface area contributed by atoms with Crippen LogP contribution in [-0.4, -0.2) is 42.1 Å². The molecule has 0 amide bonds. The van der Waals surface area contributed by atoms with E-state index in [4.69, 9.17) is 0 Å². The molecule has 32 heavy (non-hydrogen) atoms. The van der Waals surface area contributed by atoms with E-state index in [1.54, 1.807) is 28.4 Å². The molecule has 1 fully saturated rings. The van der Waals surface area contributed by atoms with Crippen LogP contribution in [0.3, 0.4) is 0 Å². The second-order valence-corrected chi connectivity index (χ2v) is 9.05. The summed E-state index contributed by atoms with van der Waals surface area (Å²) in [7, 11) is 0. The largest absolute Gasteiger partial charge is 0.300 e. The van der Waals surface area contributed by atoms with Gasteiger partial charge in [0.1, 0.15) is 11.5 Å². The van der Waals surface area contributed by atoms with Gasteiger partial charge < -0.3 is 4.57 Å². The average molecular weight is 447 g/mol. The molecule has 1 aliphatic rings. The van der Waals surface area contributed by atoms with E-state index < -0.39 is 0 Å². The third kappa shape index (κ3) is 4.76. The second-order valence-electron chi connectivity index (χ2n) is 8.11. The predicted octanol–water partition coefficient (Wildman–Crippen LogP) is 3.61. The Bertz CT molecular complexity index is 1250. The molecule has 0 unspecified atom stereocenters. The van der Waals surface area contributed by atoms with E-state index in [1.807, 2.05) is 24.3 Å². The molecule has 1 aromatic carbocycles. The highest BCUT2D eigenvalue weighted by Gasteiger charge is 2.18. The Morgan fingerprint density at radius 1 is 0.906 bits per heavy atom. The van der Waals surface area contributed by atoms with E-state index in [2.05, 4.69) is 48.9 Å². The van der Waals surface area contributed by atoms with E-state index in [0.29, 0.717) is 11.4 Å². The minimum absolute atomic E-state index is 0.0669. The van der Waals surface area contributed by atoms with Crippen LogP contribution < -0.4 is 5.56 Å². The first-order valence-electron chi connectivity index (χ1n) is 11.0. The van der Waals surface area contributed by atoms with Crippen LogP contribution in [0.25, 0.3) is 5.65 Å². The molecule has 0 radical (unpaired) electrons. The Labute approximate surface area is 191 Å². The zero-order chi connectivity index (χ0) is 21.8. The molecule has 1 saturated heterocycles. The Morgan fingerprint density at radius 3 is 2.56 bits per heavy atom. The van der Waals surface area contributed by atoms with Gasteiger partial charge in [-0.3, -0.25) is 14.1 Å². The van der Waals surface area contributed by atoms with Crippen LogP contribution >= 0.6 is 11.8 Å². The highest BCUT2D eigenvalue weighted by molar-refractivity contribution is 7.98. The average Bonchev–Trinajstić information content (AvgIpc) is 3.20. The number of hydrogen-bond acceptors (Lipinski definition) is 6. The molecule has 0 saturated carbocycles. The maximum atomic E-state index is 12.4. The molecule has 4 heterocycles. The summed E-state index contributed by atoms with van der Waals surface area (Å²) in [6, 6.07) is 17.6. The van der Waals surface area contributed by atoms with Crippen LogP contribution in [0, 0.1) is 0 Å². The number of likely N-dealkylation sites (tertiary alicyclic amines) is 1. The molecule has 4 aromatic rings. The first kappa shape index (κ1) is 20.9. The third-order valence-corrected chi connectivity index (χ3v) is 6.76. The standard InChI is InChI=1S/C24H26N6OS/c31-23-15-20(25-21-11-5-8-14-29(21)23)18-32-24-27-26-22(17-28-12-6-2-7-13-28)30(24)16-19-9-3-1-4-10-19/h1,3-5,8-11,14-15H,2,6-7,12-13,16-18H2. The third-order valence-electron chi connectivity index (χ3n) is 5.76. The Hall–Kier alpha value is -2.97. The molecule has 0 bridgehead atoms. The highest BCUT2D eigenvalue weighted by Crippen LogP contribution is 2.23. The summed E-state index contributed by atoms with van der Waals surface area (Å²) in [5.41, 5.74) is 2.56. The number of piperidine rings is 1. The fraction of sp³-hybridized carbons (Fsp3) is 0.333. The normalized spacial score (nSPS) is 14.8. The minimum atomic E-state index is -0.0669. The van der Waals surface area contributed by atoms with Crippen LogP contribution in [0.2, 0.25) is 0 Å². The van der Waals surface area contributed by atoms with Crippen LogP contribution in [-0.2, 0) is 18.8 Å². The van der Waals surface area contributed by atoms with Crippen molar-refractivity contribution < 1.29 is 0 Å². The molecule has 0 aliphatic carbocycles. The van der Waals surface area contributed by atoms with Crippen molar-refractivity contribution in [1.29, 1.82) is 0 Å². The van der Waals surface area contributed by atoms with Gasteiger partial charge in [-0.1, -0.05) is 54.6 Å². The number of thioether (sulfide) groups is 1. The van der Waals surface area contributed by atoms with Gasteiger partial charge in [-0.05, 0) is 43.6 Å². The smallest absolute Gasteiger partial charge is 0.258 e. The van der Waals surface area contributed by atoms with Gasteiger partial charge in [0.2, 0.25) is 0 Å². The quantitative estimate of drug-likeness (QED) is 0.404. The fourth-order valence-electron chi connectivity index (χ4n) is 4.10. The Kier molecular flexibility index (Phi) is 6.31. The van der Waals surface area contributed by atoms with Crippen LogP contribution in [0.4, 0.5) is 0 Å². The van der Waals surface area contributed by atoms with Crippen molar-refractivity contribution >= 4 is 17.4 Å². The predicted molar refractivity (Wildman–Crippen MR) is 126 cm³/mol. The molecule has 1 aliphatic heterocycles. The first-order chi connectivity index (χ1) is 15.8. The molecule has 7 nitrogen and oxygen atoms in total. The minimum Gasteiger partial charge on any atom is -0.300 e. The van der Waals surface area contributed by atoms with E-state index in [1.165, 1.54) is 24.8 Å². The summed E-state index contributed by atoms with van der Waals surface area (Å²) in [5, 5.41) is 9.92. The lowest BCUT2D eigenvalue weighted by atomic mass is 10.1. The van der Waals surface area contributed by atoms with Crippen molar-refractivity contribution in [2.75, 3.05) is 13.1 Å². The van der Waals surface area contributed by atoms with Crippen molar-refractivity contribution in [1.82, 2.24) is 29.0 Å². The summed E-state index contributed by atoms with van der Waals surface area (Å²) in [4.78, 5) is 19.5. The summed E-state index contributed by atoms with van der Waals surface area (Å²) < 4.78 is 3.77. The molecular formula is C24H26N6OS. The number of pyridine rings is 1. The fourth-order valence-corrected chi connectivity index (χ4v) is 4.95. The molecule has 0 N–H and O–H groups in total. The maximum Gasteiger partial charge on any atom is 0.258 e. The van der Waals surface area contributed by atoms with Gasteiger partial charge in [0.15, 0.2) is 5.16 Å². The van der Waals surface area contributed by atoms with Crippen molar-refractivity contribution in [3.8, 4) is 0 Å². The van der Waals surface area contributed by atoms with Gasteiger partial charge in [0.25, 0.3) is 5.56 Å². The van der Waals surface area contributed by atoms with Crippen LogP contribution in [0.1, 0.15) is 36.3 Å². The van der Waals surface area contributed by atoms with Crippen LogP contribution in [0.15, 0.2) is 70.7 Å². The van der Waals surface area contributed by atoms with E-state index in [-0.39, 0.29) is 5.56 Å². The lowest BCUT2D eigenvalue weighted by Gasteiger charge is -2.26. The summed E-state index contributed by atoms with van der Waals surface area (Å²) in [5.74, 6) is 1.56. The van der Waals surface area contributed by atoms with Gasteiger partial charge in [-0.15, -0.1) is 10.2 Å². The van der Waals surface area contributed by atoms with Crippen molar-refractivity contribution in [2.24, 2.45) is 0 Å². The lowest BCUT2D eigenvalue weighted by molar-refractivity contribution is 0.213. The van der Waals surface area contributed by atoms with Gasteiger partial charge in [0.05, 0.1) is 18.8 Å². The summed E-state index contributed by atoms with van der Waals surface area (Å²) >= 11 is 1.58. The number of nitrogens with zero attached hydrogens (tertiary/aromatic N) is 6. The molecular weight excluding hydrogens is 420 g/mol. The van der Waals surface area contributed by atoms with E-state index >= 15 is 0 Å². The topological polar surface area (TPSA) is 68.3 Å². The molecule has 0 spiro atoms. The van der Waals surface area contributed by atoms with Crippen LogP contribution in [0.5, 0.6) is 0 Å². The number of hydrogen-bond donors (Lipinski definition) is 0. The monoisotopic (exact) mass is 446 g/mol. The van der Waals surface area contributed by atoms with Gasteiger partial charge in [0, 0.05) is 18.0 Å². The van der Waals surface area contributed by atoms with Crippen molar-refractivity contribution in [2.45, 2.75) is 43.3 Å². The Morgan fingerprint density at radius 2 is 1.72 bits per heavy atom. The second kappa shape index (κ2) is 9.67. The number of benzene rings is 1. The Balaban J connectivity index is 1.39. The van der Waals surface area contributed by atoms with Crippen molar-refractivity contribution in [3.05, 3.63) is 88.2 Å². The summed E-state index contributed by atoms with van der Waals surface area (Å²) in [6.45, 7) is 3.78. The first-order valence-corrected chi connectivity index (χ1v) is 12.0. The zero-order valence-electron chi connectivity index (χ0n) is 17.9. The lowest BCUT2D eigenvalue weighted by Crippen LogP contribution is -2.30. The number of rotatable bonds is 7. The van der Waals surface area contributed by atoms with Gasteiger partial charge in [-0.25, -0.2) is 4.98 Å². The molecule has 8 heteroatoms. The number of fused-ring (bicyclic) bond motifs is 1. The van der Waals surface area contributed by atoms with E-state index in [0.717, 1.165) is 42.9 Å². The van der Waals surface area contributed by atoms with E-state index in [9.17, 15) is 4.79 Å². The number of aromatic nitrogens is 5. The molecule has 0 atom stereocenters. The zero-order valence-corrected chi connectivity index (χ0v) is 18.7. The highest BCUT2D eigenvalue weighted by atomic mass is 32.2. The SMILES string of the molecule is O=c1cc(CSc2nnc(CN3CCCCC3)n2Cc2ccccc2)nc2ccccn12. The van der Waals surface area contributed by atoms with Gasteiger partial charge in [-0.2, -0.15) is 0 Å². The molecule has 5 rings (SSSR count). The van der Waals surface area contributed by atoms with Gasteiger partial charge >= 0.3 is 0 Å². The van der Waals surface area contributed by atoms with Crippen molar-refractivity contribution in [3.63, 3.8) is 0 Å².